The fraction of sp³-hybridized carbons (Fsp3) is 0.412. The molecule has 0 saturated carbocycles. The van der Waals surface area contributed by atoms with Crippen molar-refractivity contribution in [2.24, 2.45) is 5.16 Å². The number of carboxylic acids is 1. The van der Waals surface area contributed by atoms with E-state index in [4.69, 9.17) is 15.3 Å². The van der Waals surface area contributed by atoms with Crippen LogP contribution in [-0.4, -0.2) is 74.8 Å². The summed E-state index contributed by atoms with van der Waals surface area (Å²) in [6.07, 6.45) is 0. The Hall–Kier alpha value is -3.13. The summed E-state index contributed by atoms with van der Waals surface area (Å²) in [7, 11) is 0. The van der Waals surface area contributed by atoms with Crippen molar-refractivity contribution in [1.82, 2.24) is 15.2 Å². The molecule has 4 N–H and O–H groups in total. The molecular formula is C17H19N5O7S2. The maximum atomic E-state index is 12.8. The fourth-order valence-electron chi connectivity index (χ4n) is 2.92. The molecule has 1 saturated heterocycles. The van der Waals surface area contributed by atoms with Gasteiger partial charge in [0.1, 0.15) is 36.0 Å². The minimum Gasteiger partial charge on any atom is -0.477 e. The molecule has 2 aliphatic rings. The summed E-state index contributed by atoms with van der Waals surface area (Å²) in [5, 5.41) is 17.1. The average molecular weight is 470 g/mol. The van der Waals surface area contributed by atoms with Gasteiger partial charge in [-0.15, -0.1) is 23.1 Å². The molecule has 1 fully saturated rings. The number of thioether (sulfide) groups is 1. The van der Waals surface area contributed by atoms with E-state index in [2.05, 4.69) is 15.5 Å². The number of carbonyl (C=O) groups excluding carboxylic acids is 3. The number of carbonyl (C=O) groups is 4. The number of nitrogens with one attached hydrogen (secondary N) is 1. The largest absolute Gasteiger partial charge is 0.477 e. The number of carboxylic acid groups (broad SMARTS) is 1. The van der Waals surface area contributed by atoms with Crippen LogP contribution in [0.25, 0.3) is 0 Å². The van der Waals surface area contributed by atoms with Gasteiger partial charge in [0.2, 0.25) is 0 Å². The third-order valence-electron chi connectivity index (χ3n) is 4.25. The van der Waals surface area contributed by atoms with Crippen molar-refractivity contribution >= 4 is 57.7 Å². The second kappa shape index (κ2) is 9.34. The second-order valence-corrected chi connectivity index (χ2v) is 8.32. The smallest absolute Gasteiger partial charge is 0.352 e. The molecule has 0 aliphatic carbocycles. The molecule has 3 rings (SSSR count). The number of nitrogens with zero attached hydrogens (tertiary/aromatic N) is 3. The summed E-state index contributed by atoms with van der Waals surface area (Å²) < 4.78 is 4.89. The van der Waals surface area contributed by atoms with Crippen LogP contribution in [0, 0.1) is 0 Å². The lowest BCUT2D eigenvalue weighted by Gasteiger charge is -2.49. The van der Waals surface area contributed by atoms with E-state index in [9.17, 15) is 24.3 Å². The van der Waals surface area contributed by atoms with Gasteiger partial charge in [0, 0.05) is 23.6 Å². The van der Waals surface area contributed by atoms with Crippen LogP contribution in [0.2, 0.25) is 0 Å². The number of anilines is 1. The molecule has 14 heteroatoms. The molecule has 31 heavy (non-hydrogen) atoms. The van der Waals surface area contributed by atoms with E-state index in [1.54, 1.807) is 6.92 Å². The Kier molecular flexibility index (Phi) is 6.80. The highest BCUT2D eigenvalue weighted by atomic mass is 32.2. The zero-order valence-electron chi connectivity index (χ0n) is 16.5. The van der Waals surface area contributed by atoms with Crippen molar-refractivity contribution in [3.8, 4) is 0 Å². The summed E-state index contributed by atoms with van der Waals surface area (Å²) in [5.74, 6) is -2.96. The molecule has 12 nitrogen and oxygen atoms in total. The molecule has 2 atom stereocenters. The highest BCUT2D eigenvalue weighted by Crippen LogP contribution is 2.40. The van der Waals surface area contributed by atoms with Crippen LogP contribution in [0.3, 0.4) is 0 Å². The van der Waals surface area contributed by atoms with Crippen molar-refractivity contribution < 1.29 is 33.9 Å². The van der Waals surface area contributed by atoms with E-state index in [0.29, 0.717) is 5.57 Å². The van der Waals surface area contributed by atoms with Crippen LogP contribution in [0.5, 0.6) is 0 Å². The summed E-state index contributed by atoms with van der Waals surface area (Å²) in [5.41, 5.74) is 5.73. The van der Waals surface area contributed by atoms with E-state index in [1.807, 2.05) is 0 Å². The van der Waals surface area contributed by atoms with E-state index in [-0.39, 0.29) is 41.2 Å². The lowest BCUT2D eigenvalue weighted by Crippen LogP contribution is -2.71. The van der Waals surface area contributed by atoms with Crippen molar-refractivity contribution in [2.45, 2.75) is 25.3 Å². The van der Waals surface area contributed by atoms with E-state index < -0.39 is 35.2 Å². The van der Waals surface area contributed by atoms with Crippen LogP contribution in [0.4, 0.5) is 5.13 Å². The predicted octanol–water partition coefficient (Wildman–Crippen LogP) is -0.232. The number of thiazole rings is 1. The number of oxime groups is 1. The van der Waals surface area contributed by atoms with Gasteiger partial charge in [-0.05, 0) is 6.92 Å². The van der Waals surface area contributed by atoms with Crippen molar-refractivity contribution in [1.29, 1.82) is 0 Å². The van der Waals surface area contributed by atoms with Crippen molar-refractivity contribution in [2.75, 3.05) is 24.7 Å². The number of hydrogen-bond donors (Lipinski definition) is 3. The molecule has 0 radical (unpaired) electrons. The standard InChI is InChI=1S/C17H19N5O7S2/c1-3-29-21-10(9-6-31-17(18)19-9)13(24)20-11-14(25)22-12(16(26)27)8(4-28-7(2)23)5-30-15(11)22/h6,11,15H,3-5H2,1-2H3,(H2,18,19)(H,20,24)(H,26,27)/t11-,15+/m1/s1. The second-order valence-electron chi connectivity index (χ2n) is 6.33. The Morgan fingerprint density at radius 2 is 2.19 bits per heavy atom. The highest BCUT2D eigenvalue weighted by Gasteiger charge is 2.54. The Morgan fingerprint density at radius 3 is 2.77 bits per heavy atom. The Balaban J connectivity index is 1.78. The minimum absolute atomic E-state index is 0.147. The highest BCUT2D eigenvalue weighted by molar-refractivity contribution is 8.00. The van der Waals surface area contributed by atoms with Gasteiger partial charge in [-0.1, -0.05) is 5.16 Å². The number of rotatable bonds is 8. The number of nitrogen functional groups attached to an aromatic ring is 1. The number of nitrogens with two attached hydrogens (primary N) is 1. The molecule has 0 spiro atoms. The SMILES string of the molecule is CCON=C(C(=O)N[C@@H]1C(=O)N2C(C(=O)O)=C(COC(C)=O)CS[C@@H]12)c1csc(N)n1. The van der Waals surface area contributed by atoms with Crippen LogP contribution in [0.15, 0.2) is 21.8 Å². The summed E-state index contributed by atoms with van der Waals surface area (Å²) in [6.45, 7) is 2.88. The topological polar surface area (TPSA) is 174 Å². The van der Waals surface area contributed by atoms with Crippen LogP contribution in [-0.2, 0) is 28.8 Å². The number of fused-ring (bicyclic) bond motifs is 1. The third-order valence-corrected chi connectivity index (χ3v) is 6.26. The van der Waals surface area contributed by atoms with Gasteiger partial charge in [0.15, 0.2) is 10.8 Å². The first-order valence-corrected chi connectivity index (χ1v) is 10.9. The zero-order valence-corrected chi connectivity index (χ0v) is 18.1. The van der Waals surface area contributed by atoms with Gasteiger partial charge >= 0.3 is 11.9 Å². The lowest BCUT2D eigenvalue weighted by molar-refractivity contribution is -0.150. The van der Waals surface area contributed by atoms with Crippen LogP contribution in [0.1, 0.15) is 19.5 Å². The first kappa shape index (κ1) is 22.6. The van der Waals surface area contributed by atoms with Gasteiger partial charge in [-0.2, -0.15) is 0 Å². The Bertz CT molecular complexity index is 989. The number of aliphatic carboxylic acids is 1. The fourth-order valence-corrected chi connectivity index (χ4v) is 4.80. The van der Waals surface area contributed by atoms with Crippen LogP contribution < -0.4 is 11.1 Å². The van der Waals surface area contributed by atoms with Crippen molar-refractivity contribution in [3.05, 3.63) is 22.3 Å². The molecule has 166 valence electrons. The number of β-lactam (4-membered cyclic amide) rings is 1. The zero-order chi connectivity index (χ0) is 22.7. The van der Waals surface area contributed by atoms with Gasteiger partial charge in [0.25, 0.3) is 11.8 Å². The normalized spacial score (nSPS) is 20.6. The van der Waals surface area contributed by atoms with Gasteiger partial charge in [-0.3, -0.25) is 19.3 Å². The maximum Gasteiger partial charge on any atom is 0.352 e. The first-order valence-electron chi connectivity index (χ1n) is 9.00. The van der Waals surface area contributed by atoms with Gasteiger partial charge in [-0.25, -0.2) is 9.78 Å². The van der Waals surface area contributed by atoms with Crippen molar-refractivity contribution in [3.63, 3.8) is 0 Å². The molecule has 2 amide bonds. The summed E-state index contributed by atoms with van der Waals surface area (Å²) >= 11 is 2.37. The monoisotopic (exact) mass is 469 g/mol. The number of hydrogen-bond acceptors (Lipinski definition) is 11. The number of amides is 2. The molecule has 3 heterocycles. The van der Waals surface area contributed by atoms with E-state index >= 15 is 0 Å². The maximum absolute atomic E-state index is 12.8. The summed E-state index contributed by atoms with van der Waals surface area (Å²) in [6, 6.07) is -0.968. The molecular weight excluding hydrogens is 450 g/mol. The quantitative estimate of drug-likeness (QED) is 0.200. The van der Waals surface area contributed by atoms with Gasteiger partial charge < -0.3 is 25.7 Å². The van der Waals surface area contributed by atoms with E-state index in [1.165, 1.54) is 24.1 Å². The third kappa shape index (κ3) is 4.64. The number of aromatic nitrogens is 1. The molecule has 0 unspecified atom stereocenters. The van der Waals surface area contributed by atoms with Crippen LogP contribution >= 0.6 is 23.1 Å². The Morgan fingerprint density at radius 1 is 1.45 bits per heavy atom. The predicted molar refractivity (Wildman–Crippen MR) is 111 cm³/mol. The minimum atomic E-state index is -1.32. The summed E-state index contributed by atoms with van der Waals surface area (Å²) in [4.78, 5) is 58.3. The lowest BCUT2D eigenvalue weighted by atomic mass is 10.0. The van der Waals surface area contributed by atoms with E-state index in [0.717, 1.165) is 16.2 Å². The molecule has 0 aromatic carbocycles. The molecule has 1 aromatic rings. The molecule has 1 aromatic heterocycles. The average Bonchev–Trinajstić information content (AvgIpc) is 3.15. The first-order chi connectivity index (χ1) is 14.7. The van der Waals surface area contributed by atoms with Gasteiger partial charge in [0.05, 0.1) is 0 Å². The number of esters is 1. The molecule has 0 bridgehead atoms. The molecule has 2 aliphatic heterocycles. The Labute approximate surface area is 184 Å². The number of ether oxygens (including phenoxy) is 1.